The average molecular weight is 387 g/mol. The Morgan fingerprint density at radius 2 is 1.84 bits per heavy atom. The highest BCUT2D eigenvalue weighted by atomic mass is 79.9. The number of methoxy groups -OCH3 is 1. The van der Waals surface area contributed by atoms with Crippen LogP contribution in [0.1, 0.15) is 5.69 Å². The fourth-order valence-corrected chi connectivity index (χ4v) is 2.37. The highest BCUT2D eigenvalue weighted by Gasteiger charge is 2.12. The van der Waals surface area contributed by atoms with Crippen molar-refractivity contribution < 1.29 is 4.74 Å². The van der Waals surface area contributed by atoms with Gasteiger partial charge in [-0.05, 0) is 28.1 Å². The Morgan fingerprint density at radius 1 is 1.16 bits per heavy atom. The normalized spacial score (nSPS) is 10.5. The van der Waals surface area contributed by atoms with Crippen LogP contribution in [0.4, 0.5) is 5.82 Å². The van der Waals surface area contributed by atoms with Crippen LogP contribution in [-0.4, -0.2) is 24.1 Å². The number of nitrogens with one attached hydrogen (secondary N) is 1. The van der Waals surface area contributed by atoms with E-state index in [1.165, 1.54) is 0 Å². The minimum atomic E-state index is 0.432. The lowest BCUT2D eigenvalue weighted by atomic mass is 10.2. The average Bonchev–Trinajstić information content (AvgIpc) is 2.42. The van der Waals surface area contributed by atoms with Crippen molar-refractivity contribution in [2.24, 2.45) is 0 Å². The van der Waals surface area contributed by atoms with Gasteiger partial charge in [-0.1, -0.05) is 28.1 Å². The zero-order valence-electron chi connectivity index (χ0n) is 10.6. The number of aromatic nitrogens is 2. The Hall–Kier alpha value is -0.980. The predicted octanol–water partition coefficient (Wildman–Crippen LogP) is 3.86. The van der Waals surface area contributed by atoms with Gasteiger partial charge in [-0.25, -0.2) is 9.97 Å². The van der Waals surface area contributed by atoms with E-state index in [0.29, 0.717) is 12.4 Å². The predicted molar refractivity (Wildman–Crippen MR) is 83.1 cm³/mol. The molecular formula is C13H13Br2N3O. The summed E-state index contributed by atoms with van der Waals surface area (Å²) in [4.78, 5) is 9.03. The molecule has 2 aromatic rings. The van der Waals surface area contributed by atoms with E-state index >= 15 is 0 Å². The van der Waals surface area contributed by atoms with Gasteiger partial charge in [0, 0.05) is 24.2 Å². The molecule has 0 amide bonds. The molecule has 1 aromatic carbocycles. The first-order valence-corrected chi connectivity index (χ1v) is 7.23. The lowest BCUT2D eigenvalue weighted by molar-refractivity contribution is 0.181. The third-order valence-electron chi connectivity index (χ3n) is 2.54. The van der Waals surface area contributed by atoms with Crippen LogP contribution >= 0.6 is 31.9 Å². The maximum atomic E-state index is 5.16. The van der Waals surface area contributed by atoms with E-state index < -0.39 is 0 Å². The fraction of sp³-hybridized carbons (Fsp3) is 0.231. The molecule has 1 N–H and O–H groups in total. The number of hydrogen-bond donors (Lipinski definition) is 1. The molecule has 19 heavy (non-hydrogen) atoms. The number of benzene rings is 1. The molecule has 0 aliphatic rings. The summed E-state index contributed by atoms with van der Waals surface area (Å²) in [6.45, 7) is 0.432. The van der Waals surface area contributed by atoms with Crippen LogP contribution in [0.25, 0.3) is 11.4 Å². The van der Waals surface area contributed by atoms with Crippen molar-refractivity contribution in [2.45, 2.75) is 6.61 Å². The van der Waals surface area contributed by atoms with Gasteiger partial charge in [0.25, 0.3) is 0 Å². The first kappa shape index (κ1) is 14.4. The molecular weight excluding hydrogens is 374 g/mol. The van der Waals surface area contributed by atoms with E-state index in [9.17, 15) is 0 Å². The van der Waals surface area contributed by atoms with Crippen LogP contribution in [0.3, 0.4) is 0 Å². The molecule has 0 radical (unpaired) electrons. The molecule has 0 saturated carbocycles. The molecule has 0 aliphatic heterocycles. The lowest BCUT2D eigenvalue weighted by Crippen LogP contribution is -2.04. The molecule has 0 unspecified atom stereocenters. The number of rotatable bonds is 4. The molecule has 0 spiro atoms. The second-order valence-electron chi connectivity index (χ2n) is 3.85. The van der Waals surface area contributed by atoms with Crippen LogP contribution in [0.5, 0.6) is 0 Å². The molecule has 6 heteroatoms. The summed E-state index contributed by atoms with van der Waals surface area (Å²) in [7, 11) is 3.47. The maximum Gasteiger partial charge on any atom is 0.161 e. The number of hydrogen-bond acceptors (Lipinski definition) is 4. The minimum Gasteiger partial charge on any atom is -0.378 e. The van der Waals surface area contributed by atoms with Gasteiger partial charge in [-0.2, -0.15) is 0 Å². The van der Waals surface area contributed by atoms with Gasteiger partial charge in [-0.3, -0.25) is 0 Å². The Kier molecular flexibility index (Phi) is 4.90. The van der Waals surface area contributed by atoms with E-state index in [1.807, 2.05) is 31.3 Å². The maximum absolute atomic E-state index is 5.16. The molecule has 1 aromatic heterocycles. The number of anilines is 1. The number of nitrogens with zero attached hydrogens (tertiary/aromatic N) is 2. The van der Waals surface area contributed by atoms with Crippen molar-refractivity contribution in [2.75, 3.05) is 19.5 Å². The first-order chi connectivity index (χ1) is 9.15. The molecule has 0 saturated heterocycles. The Labute approximate surface area is 128 Å². The quantitative estimate of drug-likeness (QED) is 0.866. The Bertz CT molecular complexity index is 573. The van der Waals surface area contributed by atoms with E-state index in [1.54, 1.807) is 7.11 Å². The third-order valence-corrected chi connectivity index (χ3v) is 3.90. The topological polar surface area (TPSA) is 47.0 Å². The van der Waals surface area contributed by atoms with Gasteiger partial charge in [0.1, 0.15) is 5.82 Å². The molecule has 0 atom stereocenters. The smallest absolute Gasteiger partial charge is 0.161 e. The van der Waals surface area contributed by atoms with Crippen LogP contribution in [-0.2, 0) is 11.3 Å². The van der Waals surface area contributed by atoms with E-state index in [4.69, 9.17) is 4.74 Å². The van der Waals surface area contributed by atoms with Gasteiger partial charge in [0.2, 0.25) is 0 Å². The largest absolute Gasteiger partial charge is 0.378 e. The third kappa shape index (κ3) is 3.32. The standard InChI is InChI=1S/C13H13Br2N3O/c1-16-13-11(15)10(7-19-2)17-12(18-13)8-3-5-9(14)6-4-8/h3-6H,7H2,1-2H3,(H,16,17,18). The first-order valence-electron chi connectivity index (χ1n) is 5.64. The second-order valence-corrected chi connectivity index (χ2v) is 5.56. The van der Waals surface area contributed by atoms with Gasteiger partial charge < -0.3 is 10.1 Å². The summed E-state index contributed by atoms with van der Waals surface area (Å²) in [6, 6.07) is 7.89. The fourth-order valence-electron chi connectivity index (χ4n) is 1.62. The van der Waals surface area contributed by atoms with Crippen molar-refractivity contribution in [3.8, 4) is 11.4 Å². The van der Waals surface area contributed by atoms with Crippen LogP contribution < -0.4 is 5.32 Å². The highest BCUT2D eigenvalue weighted by Crippen LogP contribution is 2.27. The van der Waals surface area contributed by atoms with Crippen LogP contribution in [0, 0.1) is 0 Å². The molecule has 2 rings (SSSR count). The van der Waals surface area contributed by atoms with Crippen molar-refractivity contribution in [3.05, 3.63) is 38.9 Å². The number of ether oxygens (including phenoxy) is 1. The summed E-state index contributed by atoms with van der Waals surface area (Å²) in [5.74, 6) is 1.42. The molecule has 4 nitrogen and oxygen atoms in total. The van der Waals surface area contributed by atoms with Crippen LogP contribution in [0.2, 0.25) is 0 Å². The Balaban J connectivity index is 2.51. The zero-order valence-corrected chi connectivity index (χ0v) is 13.7. The molecule has 0 fully saturated rings. The van der Waals surface area contributed by atoms with E-state index in [0.717, 1.165) is 26.0 Å². The van der Waals surface area contributed by atoms with Gasteiger partial charge in [0.05, 0.1) is 16.8 Å². The molecule has 1 heterocycles. The SMILES string of the molecule is CNc1nc(-c2ccc(Br)cc2)nc(COC)c1Br. The van der Waals surface area contributed by atoms with E-state index in [-0.39, 0.29) is 0 Å². The molecule has 0 aliphatic carbocycles. The second kappa shape index (κ2) is 6.45. The molecule has 0 bridgehead atoms. The summed E-state index contributed by atoms with van der Waals surface area (Å²) in [5.41, 5.74) is 1.78. The zero-order chi connectivity index (χ0) is 13.8. The van der Waals surface area contributed by atoms with Gasteiger partial charge >= 0.3 is 0 Å². The lowest BCUT2D eigenvalue weighted by Gasteiger charge is -2.10. The van der Waals surface area contributed by atoms with Crippen molar-refractivity contribution in [1.29, 1.82) is 0 Å². The van der Waals surface area contributed by atoms with Crippen LogP contribution in [0.15, 0.2) is 33.2 Å². The summed E-state index contributed by atoms with van der Waals surface area (Å²) in [5, 5.41) is 3.05. The summed E-state index contributed by atoms with van der Waals surface area (Å²) in [6.07, 6.45) is 0. The minimum absolute atomic E-state index is 0.432. The monoisotopic (exact) mass is 385 g/mol. The highest BCUT2D eigenvalue weighted by molar-refractivity contribution is 9.11. The van der Waals surface area contributed by atoms with Gasteiger partial charge in [0.15, 0.2) is 5.82 Å². The molecule has 100 valence electrons. The van der Waals surface area contributed by atoms with Crippen molar-refractivity contribution in [1.82, 2.24) is 9.97 Å². The number of halogens is 2. The van der Waals surface area contributed by atoms with Gasteiger partial charge in [-0.15, -0.1) is 0 Å². The Morgan fingerprint density at radius 3 is 2.42 bits per heavy atom. The van der Waals surface area contributed by atoms with Crippen molar-refractivity contribution >= 4 is 37.7 Å². The summed E-state index contributed by atoms with van der Waals surface area (Å²) >= 11 is 6.90. The summed E-state index contributed by atoms with van der Waals surface area (Å²) < 4.78 is 7.02. The van der Waals surface area contributed by atoms with Crippen molar-refractivity contribution in [3.63, 3.8) is 0 Å². The van der Waals surface area contributed by atoms with E-state index in [2.05, 4.69) is 47.1 Å².